The van der Waals surface area contributed by atoms with Crippen molar-refractivity contribution in [2.45, 2.75) is 24.3 Å². The van der Waals surface area contributed by atoms with Gasteiger partial charge in [-0.1, -0.05) is 0 Å². The number of nitrogens with one attached hydrogen (secondary N) is 1. The van der Waals surface area contributed by atoms with Crippen LogP contribution in [0.25, 0.3) is 0 Å². The molecule has 0 saturated carbocycles. The molecule has 118 valence electrons. The van der Waals surface area contributed by atoms with E-state index < -0.39 is 22.0 Å². The largest absolute Gasteiger partial charge is 0.496 e. The average molecular weight is 317 g/mol. The van der Waals surface area contributed by atoms with Gasteiger partial charge < -0.3 is 14.6 Å². The highest BCUT2D eigenvalue weighted by Gasteiger charge is 2.25. The molecule has 0 radical (unpaired) electrons. The van der Waals surface area contributed by atoms with Crippen LogP contribution in [0.1, 0.15) is 12.0 Å². The molecule has 0 aliphatic carbocycles. The first kappa shape index (κ1) is 17.4. The number of ether oxygens (including phenoxy) is 2. The van der Waals surface area contributed by atoms with Gasteiger partial charge in [-0.3, -0.25) is 4.79 Å². The molecule has 8 heteroatoms. The van der Waals surface area contributed by atoms with E-state index in [1.165, 1.54) is 32.4 Å². The Kier molecular flexibility index (Phi) is 6.13. The van der Waals surface area contributed by atoms with E-state index in [4.69, 9.17) is 14.6 Å². The Morgan fingerprint density at radius 1 is 1.38 bits per heavy atom. The minimum atomic E-state index is -3.92. The lowest BCUT2D eigenvalue weighted by atomic mass is 10.2. The number of methoxy groups -OCH3 is 2. The van der Waals surface area contributed by atoms with Gasteiger partial charge in [0.15, 0.2) is 0 Å². The van der Waals surface area contributed by atoms with E-state index in [2.05, 4.69) is 4.72 Å². The molecule has 1 rings (SSSR count). The third kappa shape index (κ3) is 4.69. The van der Waals surface area contributed by atoms with Crippen molar-refractivity contribution in [3.8, 4) is 5.75 Å². The molecule has 0 aromatic heterocycles. The molecule has 0 heterocycles. The molecule has 1 atom stereocenters. The minimum Gasteiger partial charge on any atom is -0.496 e. The molecule has 1 unspecified atom stereocenters. The molecule has 0 fully saturated rings. The molecule has 1 aromatic carbocycles. The highest BCUT2D eigenvalue weighted by Crippen LogP contribution is 2.21. The van der Waals surface area contributed by atoms with Crippen LogP contribution in [0.3, 0.4) is 0 Å². The molecular weight excluding hydrogens is 298 g/mol. The van der Waals surface area contributed by atoms with Gasteiger partial charge in [-0.15, -0.1) is 0 Å². The summed E-state index contributed by atoms with van der Waals surface area (Å²) in [5.74, 6) is -0.691. The molecule has 2 N–H and O–H groups in total. The molecular formula is C13H19NO6S. The fourth-order valence-corrected chi connectivity index (χ4v) is 3.05. The molecule has 7 nitrogen and oxygen atoms in total. The van der Waals surface area contributed by atoms with E-state index in [0.29, 0.717) is 11.3 Å². The van der Waals surface area contributed by atoms with Crippen LogP contribution in [-0.4, -0.2) is 46.4 Å². The van der Waals surface area contributed by atoms with Crippen molar-refractivity contribution in [3.05, 3.63) is 23.8 Å². The zero-order chi connectivity index (χ0) is 16.0. The lowest BCUT2D eigenvalue weighted by Gasteiger charge is -2.15. The average Bonchev–Trinajstić information content (AvgIpc) is 2.43. The first-order chi connectivity index (χ1) is 9.81. The topological polar surface area (TPSA) is 102 Å². The standard InChI is InChI=1S/C13H19NO6S/c1-9-8-10(4-5-12(9)20-3)21(17,18)14-11(13(15)16)6-7-19-2/h4-5,8,11,14H,6-7H2,1-3H3,(H,15,16). The number of carbonyl (C=O) groups is 1. The lowest BCUT2D eigenvalue weighted by Crippen LogP contribution is -2.41. The molecule has 0 aliphatic rings. The molecule has 1 aromatic rings. The summed E-state index contributed by atoms with van der Waals surface area (Å²) in [6.07, 6.45) is 0.0419. The predicted molar refractivity (Wildman–Crippen MR) is 76.0 cm³/mol. The van der Waals surface area contributed by atoms with Gasteiger partial charge in [0, 0.05) is 13.7 Å². The Labute approximate surface area is 123 Å². The van der Waals surface area contributed by atoms with E-state index in [9.17, 15) is 13.2 Å². The normalized spacial score (nSPS) is 12.9. The Morgan fingerprint density at radius 2 is 2.05 bits per heavy atom. The number of hydrogen-bond donors (Lipinski definition) is 2. The van der Waals surface area contributed by atoms with E-state index in [-0.39, 0.29) is 17.9 Å². The van der Waals surface area contributed by atoms with Gasteiger partial charge in [0.25, 0.3) is 0 Å². The van der Waals surface area contributed by atoms with E-state index >= 15 is 0 Å². The number of carboxylic acid groups (broad SMARTS) is 1. The van der Waals surface area contributed by atoms with Crippen LogP contribution in [0.5, 0.6) is 5.75 Å². The third-order valence-corrected chi connectivity index (χ3v) is 4.35. The molecule has 0 bridgehead atoms. The van der Waals surface area contributed by atoms with Gasteiger partial charge in [-0.25, -0.2) is 8.42 Å². The number of benzene rings is 1. The summed E-state index contributed by atoms with van der Waals surface area (Å²) in [5, 5.41) is 9.04. The highest BCUT2D eigenvalue weighted by molar-refractivity contribution is 7.89. The smallest absolute Gasteiger partial charge is 0.321 e. The summed E-state index contributed by atoms with van der Waals surface area (Å²) < 4.78 is 36.4. The predicted octanol–water partition coefficient (Wildman–Crippen LogP) is 0.772. The Balaban J connectivity index is 2.99. The van der Waals surface area contributed by atoms with Crippen molar-refractivity contribution in [2.24, 2.45) is 0 Å². The monoisotopic (exact) mass is 317 g/mol. The Bertz CT molecular complexity index is 599. The quantitative estimate of drug-likeness (QED) is 0.734. The van der Waals surface area contributed by atoms with Crippen molar-refractivity contribution in [1.29, 1.82) is 0 Å². The van der Waals surface area contributed by atoms with Crippen molar-refractivity contribution < 1.29 is 27.8 Å². The van der Waals surface area contributed by atoms with Crippen LogP contribution in [0.15, 0.2) is 23.1 Å². The van der Waals surface area contributed by atoms with Crippen molar-refractivity contribution in [2.75, 3.05) is 20.8 Å². The summed E-state index contributed by atoms with van der Waals surface area (Å²) >= 11 is 0. The van der Waals surface area contributed by atoms with Crippen molar-refractivity contribution >= 4 is 16.0 Å². The molecule has 21 heavy (non-hydrogen) atoms. The van der Waals surface area contributed by atoms with Crippen molar-refractivity contribution in [3.63, 3.8) is 0 Å². The zero-order valence-electron chi connectivity index (χ0n) is 12.1. The van der Waals surface area contributed by atoms with Crippen LogP contribution in [0, 0.1) is 6.92 Å². The summed E-state index contributed by atoms with van der Waals surface area (Å²) in [5.41, 5.74) is 0.643. The number of rotatable bonds is 8. The van der Waals surface area contributed by atoms with Crippen LogP contribution < -0.4 is 9.46 Å². The summed E-state index contributed by atoms with van der Waals surface area (Å²) in [7, 11) is -1.02. The first-order valence-electron chi connectivity index (χ1n) is 6.20. The van der Waals surface area contributed by atoms with Gasteiger partial charge in [0.1, 0.15) is 11.8 Å². The third-order valence-electron chi connectivity index (χ3n) is 2.88. The van der Waals surface area contributed by atoms with Crippen LogP contribution in [-0.2, 0) is 19.6 Å². The first-order valence-corrected chi connectivity index (χ1v) is 7.69. The Hall–Kier alpha value is -1.64. The SMILES string of the molecule is COCCC(NS(=O)(=O)c1ccc(OC)c(C)c1)C(=O)O. The maximum Gasteiger partial charge on any atom is 0.321 e. The maximum atomic E-state index is 12.2. The van der Waals surface area contributed by atoms with E-state index in [0.717, 1.165) is 0 Å². The summed E-state index contributed by atoms with van der Waals surface area (Å²) in [4.78, 5) is 11.1. The fourth-order valence-electron chi connectivity index (χ4n) is 1.74. The lowest BCUT2D eigenvalue weighted by molar-refractivity contribution is -0.139. The van der Waals surface area contributed by atoms with Gasteiger partial charge in [-0.05, 0) is 37.1 Å². The molecule has 0 spiro atoms. The minimum absolute atomic E-state index is 0.00975. The zero-order valence-corrected chi connectivity index (χ0v) is 12.9. The highest BCUT2D eigenvalue weighted by atomic mass is 32.2. The summed E-state index contributed by atoms with van der Waals surface area (Å²) in [6, 6.07) is 3.08. The van der Waals surface area contributed by atoms with Gasteiger partial charge in [-0.2, -0.15) is 4.72 Å². The fraction of sp³-hybridized carbons (Fsp3) is 0.462. The van der Waals surface area contributed by atoms with Crippen LogP contribution in [0.2, 0.25) is 0 Å². The number of hydrogen-bond acceptors (Lipinski definition) is 5. The molecule has 0 saturated heterocycles. The number of aryl methyl sites for hydroxylation is 1. The second-order valence-corrected chi connectivity index (χ2v) is 6.14. The second-order valence-electron chi connectivity index (χ2n) is 4.43. The van der Waals surface area contributed by atoms with Gasteiger partial charge in [0.2, 0.25) is 10.0 Å². The van der Waals surface area contributed by atoms with Gasteiger partial charge in [0.05, 0.1) is 12.0 Å². The van der Waals surface area contributed by atoms with E-state index in [1.54, 1.807) is 6.92 Å². The van der Waals surface area contributed by atoms with Crippen LogP contribution >= 0.6 is 0 Å². The van der Waals surface area contributed by atoms with Crippen LogP contribution in [0.4, 0.5) is 0 Å². The van der Waals surface area contributed by atoms with E-state index in [1.807, 2.05) is 0 Å². The van der Waals surface area contributed by atoms with Crippen molar-refractivity contribution in [1.82, 2.24) is 4.72 Å². The summed E-state index contributed by atoms with van der Waals surface area (Å²) in [6.45, 7) is 1.85. The molecule has 0 aliphatic heterocycles. The number of aliphatic carboxylic acids is 1. The Morgan fingerprint density at radius 3 is 2.52 bits per heavy atom. The maximum absolute atomic E-state index is 12.2. The number of carboxylic acids is 1. The molecule has 0 amide bonds. The number of sulfonamides is 1. The second kappa shape index (κ2) is 7.39. The van der Waals surface area contributed by atoms with Gasteiger partial charge >= 0.3 is 5.97 Å².